The summed E-state index contributed by atoms with van der Waals surface area (Å²) in [5.41, 5.74) is 1.63. The highest BCUT2D eigenvalue weighted by atomic mass is 35.5. The SMILES string of the molecule is O=C(NNS(=O)(=O)c1ccc(Cl)nc1)c1ccccc1F. The number of carbonyl (C=O) groups is 1. The number of nitrogens with one attached hydrogen (secondary N) is 2. The fraction of sp³-hybridized carbons (Fsp3) is 0. The monoisotopic (exact) mass is 329 g/mol. The van der Waals surface area contributed by atoms with E-state index in [0.717, 1.165) is 12.3 Å². The summed E-state index contributed by atoms with van der Waals surface area (Å²) in [5.74, 6) is -1.68. The van der Waals surface area contributed by atoms with Crippen LogP contribution < -0.4 is 10.3 Å². The van der Waals surface area contributed by atoms with Crippen LogP contribution in [0.2, 0.25) is 5.15 Å². The Hall–Kier alpha value is -2.03. The lowest BCUT2D eigenvalue weighted by Gasteiger charge is -2.08. The van der Waals surface area contributed by atoms with Crippen molar-refractivity contribution >= 4 is 27.5 Å². The van der Waals surface area contributed by atoms with Gasteiger partial charge < -0.3 is 0 Å². The second kappa shape index (κ2) is 6.17. The molecule has 1 aromatic carbocycles. The Labute approximate surface area is 125 Å². The molecule has 1 heterocycles. The maximum Gasteiger partial charge on any atom is 0.269 e. The summed E-state index contributed by atoms with van der Waals surface area (Å²) in [6.45, 7) is 0. The highest BCUT2D eigenvalue weighted by Gasteiger charge is 2.17. The van der Waals surface area contributed by atoms with Crippen molar-refractivity contribution in [2.24, 2.45) is 0 Å². The molecule has 2 N–H and O–H groups in total. The van der Waals surface area contributed by atoms with Gasteiger partial charge in [-0.25, -0.2) is 17.8 Å². The molecular weight excluding hydrogens is 321 g/mol. The normalized spacial score (nSPS) is 11.1. The summed E-state index contributed by atoms with van der Waals surface area (Å²) in [7, 11) is -4.02. The van der Waals surface area contributed by atoms with E-state index in [9.17, 15) is 17.6 Å². The third-order valence-corrected chi connectivity index (χ3v) is 3.88. The molecule has 0 aliphatic heterocycles. The van der Waals surface area contributed by atoms with Crippen LogP contribution in [0.3, 0.4) is 0 Å². The van der Waals surface area contributed by atoms with Crippen molar-refractivity contribution < 1.29 is 17.6 Å². The third-order valence-electron chi connectivity index (χ3n) is 2.43. The maximum atomic E-state index is 13.4. The van der Waals surface area contributed by atoms with Gasteiger partial charge in [-0.2, -0.15) is 0 Å². The third kappa shape index (κ3) is 3.75. The molecule has 0 bridgehead atoms. The average Bonchev–Trinajstić information content (AvgIpc) is 2.46. The van der Waals surface area contributed by atoms with E-state index >= 15 is 0 Å². The van der Waals surface area contributed by atoms with Gasteiger partial charge in [0.25, 0.3) is 15.9 Å². The van der Waals surface area contributed by atoms with Gasteiger partial charge in [0, 0.05) is 6.20 Å². The van der Waals surface area contributed by atoms with Crippen LogP contribution in [0, 0.1) is 5.82 Å². The molecule has 2 aromatic rings. The van der Waals surface area contributed by atoms with Gasteiger partial charge in [0.2, 0.25) is 0 Å². The number of amides is 1. The molecule has 0 radical (unpaired) electrons. The second-order valence-electron chi connectivity index (χ2n) is 3.86. The zero-order valence-electron chi connectivity index (χ0n) is 10.4. The summed E-state index contributed by atoms with van der Waals surface area (Å²) in [5, 5.41) is 0.129. The molecule has 9 heteroatoms. The van der Waals surface area contributed by atoms with Gasteiger partial charge in [0.15, 0.2) is 0 Å². The number of rotatable bonds is 4. The first-order chi connectivity index (χ1) is 9.90. The first kappa shape index (κ1) is 15.4. The lowest BCUT2D eigenvalue weighted by Crippen LogP contribution is -2.41. The standard InChI is InChI=1S/C12H9ClFN3O3S/c13-11-6-5-8(7-15-11)21(19,20)17-16-12(18)9-3-1-2-4-10(9)14/h1-7,17H,(H,16,18). The number of aromatic nitrogens is 1. The molecule has 0 aliphatic rings. The number of nitrogens with zero attached hydrogens (tertiary/aromatic N) is 1. The Balaban J connectivity index is 2.10. The van der Waals surface area contributed by atoms with Gasteiger partial charge in [-0.1, -0.05) is 23.7 Å². The predicted molar refractivity (Wildman–Crippen MR) is 73.4 cm³/mol. The van der Waals surface area contributed by atoms with E-state index in [4.69, 9.17) is 11.6 Å². The fourth-order valence-electron chi connectivity index (χ4n) is 1.41. The van der Waals surface area contributed by atoms with E-state index < -0.39 is 21.7 Å². The molecule has 0 atom stereocenters. The topological polar surface area (TPSA) is 88.2 Å². The van der Waals surface area contributed by atoms with E-state index in [2.05, 4.69) is 4.98 Å². The molecule has 1 amide bonds. The lowest BCUT2D eigenvalue weighted by molar-refractivity contribution is 0.0941. The van der Waals surface area contributed by atoms with Crippen molar-refractivity contribution in [1.82, 2.24) is 15.2 Å². The maximum absolute atomic E-state index is 13.4. The Morgan fingerprint density at radius 1 is 1.19 bits per heavy atom. The Morgan fingerprint density at radius 3 is 2.52 bits per heavy atom. The summed E-state index contributed by atoms with van der Waals surface area (Å²) in [6.07, 6.45) is 1.03. The van der Waals surface area contributed by atoms with Crippen molar-refractivity contribution in [3.8, 4) is 0 Å². The quantitative estimate of drug-likeness (QED) is 0.657. The highest BCUT2D eigenvalue weighted by Crippen LogP contribution is 2.10. The van der Waals surface area contributed by atoms with Crippen LogP contribution in [-0.2, 0) is 10.0 Å². The smallest absolute Gasteiger partial charge is 0.269 e. The lowest BCUT2D eigenvalue weighted by atomic mass is 10.2. The first-order valence-corrected chi connectivity index (χ1v) is 7.44. The molecule has 0 fully saturated rings. The number of sulfonamides is 1. The van der Waals surface area contributed by atoms with Crippen molar-refractivity contribution in [1.29, 1.82) is 0 Å². The Bertz CT molecular complexity index is 766. The van der Waals surface area contributed by atoms with Gasteiger partial charge in [0.1, 0.15) is 15.9 Å². The molecule has 110 valence electrons. The number of halogens is 2. The van der Waals surface area contributed by atoms with Gasteiger partial charge in [-0.15, -0.1) is 4.83 Å². The largest absolute Gasteiger partial charge is 0.273 e. The van der Waals surface area contributed by atoms with Crippen LogP contribution in [0.4, 0.5) is 4.39 Å². The Morgan fingerprint density at radius 2 is 1.90 bits per heavy atom. The fourth-order valence-corrected chi connectivity index (χ4v) is 2.30. The van der Waals surface area contributed by atoms with Crippen molar-refractivity contribution in [3.63, 3.8) is 0 Å². The minimum Gasteiger partial charge on any atom is -0.273 e. The Kier molecular flexibility index (Phi) is 4.51. The van der Waals surface area contributed by atoms with Crippen LogP contribution >= 0.6 is 11.6 Å². The minimum absolute atomic E-state index is 0.129. The molecule has 0 aliphatic carbocycles. The molecule has 6 nitrogen and oxygen atoms in total. The van der Waals surface area contributed by atoms with E-state index in [0.29, 0.717) is 0 Å². The zero-order valence-corrected chi connectivity index (χ0v) is 12.0. The van der Waals surface area contributed by atoms with Gasteiger partial charge in [-0.05, 0) is 24.3 Å². The number of pyridine rings is 1. The summed E-state index contributed by atoms with van der Waals surface area (Å²) in [4.78, 5) is 17.0. The van der Waals surface area contributed by atoms with Crippen LogP contribution in [0.25, 0.3) is 0 Å². The van der Waals surface area contributed by atoms with Gasteiger partial charge in [-0.3, -0.25) is 10.2 Å². The number of benzene rings is 1. The van der Waals surface area contributed by atoms with Crippen LogP contribution in [-0.4, -0.2) is 19.3 Å². The number of hydrazine groups is 1. The van der Waals surface area contributed by atoms with E-state index in [1.165, 1.54) is 30.3 Å². The van der Waals surface area contributed by atoms with Gasteiger partial charge in [0.05, 0.1) is 5.56 Å². The molecule has 2 rings (SSSR count). The summed E-state index contributed by atoms with van der Waals surface area (Å²) >= 11 is 5.55. The van der Waals surface area contributed by atoms with Crippen LogP contribution in [0.15, 0.2) is 47.5 Å². The zero-order chi connectivity index (χ0) is 15.5. The molecule has 21 heavy (non-hydrogen) atoms. The number of hydrogen-bond acceptors (Lipinski definition) is 4. The summed E-state index contributed by atoms with van der Waals surface area (Å²) < 4.78 is 37.1. The minimum atomic E-state index is -4.02. The number of hydrogen-bond donors (Lipinski definition) is 2. The second-order valence-corrected chi connectivity index (χ2v) is 5.93. The van der Waals surface area contributed by atoms with Crippen LogP contribution in [0.5, 0.6) is 0 Å². The predicted octanol–water partition coefficient (Wildman–Crippen LogP) is 1.50. The highest BCUT2D eigenvalue weighted by molar-refractivity contribution is 7.89. The molecule has 0 spiro atoms. The van der Waals surface area contributed by atoms with Crippen molar-refractivity contribution in [2.75, 3.05) is 0 Å². The summed E-state index contributed by atoms with van der Waals surface area (Å²) in [6, 6.07) is 7.68. The molecule has 0 unspecified atom stereocenters. The van der Waals surface area contributed by atoms with E-state index in [1.807, 2.05) is 10.3 Å². The van der Waals surface area contributed by atoms with E-state index in [1.54, 1.807) is 0 Å². The van der Waals surface area contributed by atoms with Gasteiger partial charge >= 0.3 is 0 Å². The van der Waals surface area contributed by atoms with Crippen molar-refractivity contribution in [2.45, 2.75) is 4.90 Å². The molecular formula is C12H9ClFN3O3S. The molecule has 1 aromatic heterocycles. The van der Waals surface area contributed by atoms with E-state index in [-0.39, 0.29) is 15.6 Å². The van der Waals surface area contributed by atoms with Crippen LogP contribution in [0.1, 0.15) is 10.4 Å². The number of carbonyl (C=O) groups excluding carboxylic acids is 1. The first-order valence-electron chi connectivity index (χ1n) is 5.58. The molecule has 0 saturated heterocycles. The van der Waals surface area contributed by atoms with Crippen molar-refractivity contribution in [3.05, 3.63) is 59.1 Å². The molecule has 0 saturated carbocycles. The average molecular weight is 330 g/mol.